The van der Waals surface area contributed by atoms with Gasteiger partial charge in [0.15, 0.2) is 5.96 Å². The molecule has 0 radical (unpaired) electrons. The second-order valence-corrected chi connectivity index (χ2v) is 7.05. The summed E-state index contributed by atoms with van der Waals surface area (Å²) < 4.78 is 8.06. The van der Waals surface area contributed by atoms with E-state index in [9.17, 15) is 0 Å². The number of nitrogens with one attached hydrogen (secondary N) is 1. The lowest BCUT2D eigenvalue weighted by molar-refractivity contribution is -0.00831. The maximum atomic E-state index is 6.05. The molecule has 1 saturated heterocycles. The van der Waals surface area contributed by atoms with E-state index in [1.165, 1.54) is 16.7 Å². The van der Waals surface area contributed by atoms with E-state index in [-0.39, 0.29) is 30.1 Å². The topological polar surface area (TPSA) is 67.6 Å². The number of hydrogen-bond donors (Lipinski definition) is 1. The summed E-state index contributed by atoms with van der Waals surface area (Å²) in [5.41, 5.74) is 3.85. The van der Waals surface area contributed by atoms with Gasteiger partial charge in [0.2, 0.25) is 0 Å². The predicted molar refractivity (Wildman–Crippen MR) is 122 cm³/mol. The summed E-state index contributed by atoms with van der Waals surface area (Å²) in [5, 5.41) is 11.1. The smallest absolute Gasteiger partial charge is 0.193 e. The number of aliphatic imine (C=N–C) groups is 1. The van der Waals surface area contributed by atoms with Gasteiger partial charge < -0.3 is 19.5 Å². The number of rotatable bonds is 6. The first-order valence-electron chi connectivity index (χ1n) is 9.64. The fourth-order valence-corrected chi connectivity index (χ4v) is 3.51. The van der Waals surface area contributed by atoms with Crippen molar-refractivity contribution in [3.8, 4) is 0 Å². The number of nitrogens with zero attached hydrogens (tertiary/aromatic N) is 5. The minimum absolute atomic E-state index is 0. The molecular formula is C20H31IN6O. The molecule has 0 amide bonds. The summed E-state index contributed by atoms with van der Waals surface area (Å²) in [6.45, 7) is 8.53. The highest BCUT2D eigenvalue weighted by Crippen LogP contribution is 2.25. The maximum absolute atomic E-state index is 6.05. The quantitative estimate of drug-likeness (QED) is 0.287. The maximum Gasteiger partial charge on any atom is 0.193 e. The van der Waals surface area contributed by atoms with Crippen molar-refractivity contribution < 1.29 is 4.74 Å². The van der Waals surface area contributed by atoms with E-state index in [1.807, 2.05) is 11.6 Å². The largest absolute Gasteiger partial charge is 0.370 e. The van der Waals surface area contributed by atoms with E-state index in [1.54, 1.807) is 12.7 Å². The Morgan fingerprint density at radius 2 is 2.04 bits per heavy atom. The molecule has 1 aliphatic heterocycles. The molecule has 3 rings (SSSR count). The standard InChI is InChI=1S/C20H30N6O.HI/c1-16-6-7-18(17(2)12-16)19-13-26(10-11-27-19)20(21-3)22-8-4-5-9-25-14-23-24-15-25;/h6-7,12,14-15,19H,4-5,8-11,13H2,1-3H3,(H,21,22);1H. The molecule has 154 valence electrons. The number of morpholine rings is 1. The van der Waals surface area contributed by atoms with Gasteiger partial charge in [-0.05, 0) is 37.8 Å². The molecule has 0 bridgehead atoms. The van der Waals surface area contributed by atoms with Crippen LogP contribution in [0, 0.1) is 13.8 Å². The number of benzene rings is 1. The first kappa shape index (κ1) is 22.6. The molecule has 0 aliphatic carbocycles. The van der Waals surface area contributed by atoms with Gasteiger partial charge in [0, 0.05) is 26.7 Å². The Bertz CT molecular complexity index is 749. The first-order chi connectivity index (χ1) is 13.2. The number of ether oxygens (including phenoxy) is 1. The minimum atomic E-state index is 0. The van der Waals surface area contributed by atoms with Crippen LogP contribution in [0.4, 0.5) is 0 Å². The number of halogens is 1. The summed E-state index contributed by atoms with van der Waals surface area (Å²) in [6.07, 6.45) is 5.76. The van der Waals surface area contributed by atoms with Crippen molar-refractivity contribution in [3.63, 3.8) is 0 Å². The number of aryl methyl sites for hydroxylation is 3. The second-order valence-electron chi connectivity index (χ2n) is 7.05. The zero-order chi connectivity index (χ0) is 19.1. The summed E-state index contributed by atoms with van der Waals surface area (Å²) in [4.78, 5) is 6.77. The lowest BCUT2D eigenvalue weighted by Crippen LogP contribution is -2.48. The zero-order valence-corrected chi connectivity index (χ0v) is 19.3. The first-order valence-corrected chi connectivity index (χ1v) is 9.64. The van der Waals surface area contributed by atoms with E-state index in [0.29, 0.717) is 6.61 Å². The van der Waals surface area contributed by atoms with E-state index < -0.39 is 0 Å². The van der Waals surface area contributed by atoms with Gasteiger partial charge in [0.05, 0.1) is 13.2 Å². The number of hydrogen-bond acceptors (Lipinski definition) is 4. The van der Waals surface area contributed by atoms with Crippen LogP contribution in [0.25, 0.3) is 0 Å². The Kier molecular flexibility index (Phi) is 9.17. The van der Waals surface area contributed by atoms with Crippen LogP contribution >= 0.6 is 24.0 Å². The van der Waals surface area contributed by atoms with Gasteiger partial charge >= 0.3 is 0 Å². The number of guanidine groups is 1. The van der Waals surface area contributed by atoms with Gasteiger partial charge in [-0.2, -0.15) is 0 Å². The highest BCUT2D eigenvalue weighted by Gasteiger charge is 2.25. The molecule has 1 unspecified atom stereocenters. The van der Waals surface area contributed by atoms with Crippen LogP contribution in [0.5, 0.6) is 0 Å². The minimum Gasteiger partial charge on any atom is -0.370 e. The van der Waals surface area contributed by atoms with Crippen molar-refractivity contribution in [1.29, 1.82) is 0 Å². The van der Waals surface area contributed by atoms with E-state index in [4.69, 9.17) is 4.74 Å². The molecule has 1 aromatic carbocycles. The third-order valence-corrected chi connectivity index (χ3v) is 4.94. The normalized spacial score (nSPS) is 17.3. The summed E-state index contributed by atoms with van der Waals surface area (Å²) in [6, 6.07) is 6.58. The molecule has 0 saturated carbocycles. The lowest BCUT2D eigenvalue weighted by Gasteiger charge is -2.35. The number of unbranched alkanes of at least 4 members (excludes halogenated alkanes) is 1. The Hall–Kier alpha value is -1.68. The van der Waals surface area contributed by atoms with Crippen LogP contribution in [0.1, 0.15) is 35.6 Å². The van der Waals surface area contributed by atoms with Crippen LogP contribution in [-0.4, -0.2) is 58.9 Å². The van der Waals surface area contributed by atoms with Crippen LogP contribution < -0.4 is 5.32 Å². The third kappa shape index (κ3) is 6.16. The molecule has 7 nitrogen and oxygen atoms in total. The number of aromatic nitrogens is 3. The Morgan fingerprint density at radius 3 is 2.75 bits per heavy atom. The van der Waals surface area contributed by atoms with Crippen molar-refractivity contribution >= 4 is 29.9 Å². The average Bonchev–Trinajstić information content (AvgIpc) is 3.18. The molecular weight excluding hydrogens is 467 g/mol. The third-order valence-electron chi connectivity index (χ3n) is 4.94. The summed E-state index contributed by atoms with van der Waals surface area (Å²) in [5.74, 6) is 0.956. The lowest BCUT2D eigenvalue weighted by atomic mass is 10.00. The molecule has 2 aromatic rings. The van der Waals surface area contributed by atoms with Crippen LogP contribution in [0.3, 0.4) is 0 Å². The van der Waals surface area contributed by atoms with Gasteiger partial charge in [-0.3, -0.25) is 4.99 Å². The van der Waals surface area contributed by atoms with E-state index in [2.05, 4.69) is 57.5 Å². The van der Waals surface area contributed by atoms with Crippen LogP contribution in [0.15, 0.2) is 35.8 Å². The Labute approximate surface area is 184 Å². The average molecular weight is 498 g/mol. The molecule has 0 spiro atoms. The van der Waals surface area contributed by atoms with Crippen LogP contribution in [-0.2, 0) is 11.3 Å². The predicted octanol–water partition coefficient (Wildman–Crippen LogP) is 2.94. The molecule has 8 heteroatoms. The van der Waals surface area contributed by atoms with Gasteiger partial charge in [-0.15, -0.1) is 34.2 Å². The van der Waals surface area contributed by atoms with Crippen molar-refractivity contribution in [2.45, 2.75) is 39.3 Å². The van der Waals surface area contributed by atoms with Crippen molar-refractivity contribution in [3.05, 3.63) is 47.5 Å². The second kappa shape index (κ2) is 11.4. The van der Waals surface area contributed by atoms with Gasteiger partial charge in [0.25, 0.3) is 0 Å². The summed E-state index contributed by atoms with van der Waals surface area (Å²) in [7, 11) is 1.85. The van der Waals surface area contributed by atoms with Gasteiger partial charge in [0.1, 0.15) is 18.8 Å². The van der Waals surface area contributed by atoms with Crippen molar-refractivity contribution in [1.82, 2.24) is 25.0 Å². The Balaban J connectivity index is 0.00000280. The molecule has 1 N–H and O–H groups in total. The van der Waals surface area contributed by atoms with E-state index in [0.717, 1.165) is 45.0 Å². The molecule has 1 atom stereocenters. The molecule has 1 fully saturated rings. The van der Waals surface area contributed by atoms with E-state index >= 15 is 0 Å². The zero-order valence-electron chi connectivity index (χ0n) is 17.0. The van der Waals surface area contributed by atoms with Gasteiger partial charge in [-0.1, -0.05) is 23.8 Å². The van der Waals surface area contributed by atoms with Crippen LogP contribution in [0.2, 0.25) is 0 Å². The van der Waals surface area contributed by atoms with Crippen molar-refractivity contribution in [2.24, 2.45) is 4.99 Å². The summed E-state index contributed by atoms with van der Waals surface area (Å²) >= 11 is 0. The molecule has 28 heavy (non-hydrogen) atoms. The van der Waals surface area contributed by atoms with Gasteiger partial charge in [-0.25, -0.2) is 0 Å². The monoisotopic (exact) mass is 498 g/mol. The molecule has 2 heterocycles. The molecule has 1 aliphatic rings. The fraction of sp³-hybridized carbons (Fsp3) is 0.550. The highest BCUT2D eigenvalue weighted by molar-refractivity contribution is 14.0. The SMILES string of the molecule is CN=C(NCCCCn1cnnc1)N1CCOC(c2ccc(C)cc2C)C1.I. The highest BCUT2D eigenvalue weighted by atomic mass is 127. The molecule has 1 aromatic heterocycles. The fourth-order valence-electron chi connectivity index (χ4n) is 3.51. The van der Waals surface area contributed by atoms with Crippen molar-refractivity contribution in [2.75, 3.05) is 33.3 Å². The Morgan fingerprint density at radius 1 is 1.25 bits per heavy atom.